The fourth-order valence-electron chi connectivity index (χ4n) is 3.70. The summed E-state index contributed by atoms with van der Waals surface area (Å²) in [4.78, 5) is 18.5. The highest BCUT2D eigenvalue weighted by Crippen LogP contribution is 2.28. The maximum Gasteiger partial charge on any atom is 0.253 e. The number of thiophene rings is 1. The molecule has 1 amide bonds. The molecule has 2 N–H and O–H groups in total. The van der Waals surface area contributed by atoms with Crippen molar-refractivity contribution >= 4 is 28.3 Å². The molecule has 3 heterocycles. The number of nitrogens with zero attached hydrogens (tertiary/aromatic N) is 2. The van der Waals surface area contributed by atoms with Gasteiger partial charge < -0.3 is 15.2 Å². The summed E-state index contributed by atoms with van der Waals surface area (Å²) in [6.45, 7) is 3.05. The van der Waals surface area contributed by atoms with Crippen LogP contribution in [-0.2, 0) is 19.6 Å². The number of amides is 1. The fourth-order valence-corrected chi connectivity index (χ4v) is 4.37. The van der Waals surface area contributed by atoms with Gasteiger partial charge in [-0.1, -0.05) is 36.4 Å². The van der Waals surface area contributed by atoms with Crippen LogP contribution in [-0.4, -0.2) is 22.0 Å². The van der Waals surface area contributed by atoms with Crippen molar-refractivity contribution in [1.82, 2.24) is 20.2 Å². The Labute approximate surface area is 167 Å². The molecule has 1 aliphatic heterocycles. The molecule has 2 aromatic carbocycles. The van der Waals surface area contributed by atoms with Crippen molar-refractivity contribution in [1.29, 1.82) is 0 Å². The van der Waals surface area contributed by atoms with Crippen molar-refractivity contribution in [2.45, 2.75) is 19.6 Å². The summed E-state index contributed by atoms with van der Waals surface area (Å²) in [6.07, 6.45) is 0. The first kappa shape index (κ1) is 17.2. The normalized spacial score (nSPS) is 13.5. The van der Waals surface area contributed by atoms with Crippen LogP contribution in [0, 0.1) is 0 Å². The highest BCUT2D eigenvalue weighted by molar-refractivity contribution is 7.09. The molecule has 140 valence electrons. The number of aromatic nitrogens is 2. The van der Waals surface area contributed by atoms with Crippen molar-refractivity contribution < 1.29 is 4.79 Å². The molecular weight excluding hydrogens is 368 g/mol. The zero-order valence-electron chi connectivity index (χ0n) is 15.3. The quantitative estimate of drug-likeness (QED) is 0.547. The van der Waals surface area contributed by atoms with Gasteiger partial charge in [0.2, 0.25) is 0 Å². The Morgan fingerprint density at radius 2 is 1.96 bits per heavy atom. The molecule has 0 spiro atoms. The Morgan fingerprint density at radius 3 is 2.79 bits per heavy atom. The lowest BCUT2D eigenvalue weighted by Gasteiger charge is -2.09. The lowest BCUT2D eigenvalue weighted by atomic mass is 10.1. The van der Waals surface area contributed by atoms with Crippen LogP contribution in [0.4, 0.5) is 0 Å². The summed E-state index contributed by atoms with van der Waals surface area (Å²) in [5.41, 5.74) is 4.80. The topological polar surface area (TPSA) is 59.0 Å². The first-order valence-electron chi connectivity index (χ1n) is 9.39. The third kappa shape index (κ3) is 3.10. The number of rotatable bonds is 5. The number of para-hydroxylation sites is 1. The molecule has 2 aromatic heterocycles. The van der Waals surface area contributed by atoms with Gasteiger partial charge in [0, 0.05) is 36.6 Å². The van der Waals surface area contributed by atoms with Gasteiger partial charge in [0.05, 0.1) is 16.6 Å². The van der Waals surface area contributed by atoms with Gasteiger partial charge in [0.15, 0.2) is 0 Å². The Hall–Kier alpha value is -2.96. The summed E-state index contributed by atoms with van der Waals surface area (Å²) in [7, 11) is 0. The Balaban J connectivity index is 1.41. The van der Waals surface area contributed by atoms with E-state index in [9.17, 15) is 4.79 Å². The second kappa shape index (κ2) is 7.22. The molecule has 0 bridgehead atoms. The van der Waals surface area contributed by atoms with E-state index in [-0.39, 0.29) is 5.91 Å². The summed E-state index contributed by atoms with van der Waals surface area (Å²) in [5, 5.41) is 8.55. The van der Waals surface area contributed by atoms with Crippen LogP contribution < -0.4 is 10.6 Å². The number of nitrogens with one attached hydrogen (secondary N) is 2. The molecule has 4 aromatic rings. The summed E-state index contributed by atoms with van der Waals surface area (Å²) < 4.78 is 2.16. The van der Waals surface area contributed by atoms with Crippen molar-refractivity contribution in [2.24, 2.45) is 0 Å². The molecule has 1 aliphatic rings. The van der Waals surface area contributed by atoms with E-state index in [1.165, 1.54) is 10.4 Å². The fraction of sp³-hybridized carbons (Fsp3) is 0.182. The van der Waals surface area contributed by atoms with Gasteiger partial charge in [-0.25, -0.2) is 4.98 Å². The molecule has 0 saturated carbocycles. The number of benzene rings is 2. The zero-order valence-corrected chi connectivity index (χ0v) is 16.1. The SMILES string of the molecule is O=C1NCCn2c(-c3ccc(CNCc4cccs4)cc3)nc3cccc1c32. The van der Waals surface area contributed by atoms with Crippen molar-refractivity contribution in [3.63, 3.8) is 0 Å². The van der Waals surface area contributed by atoms with Gasteiger partial charge in [0.1, 0.15) is 5.82 Å². The standard InChI is InChI=1S/C22H20N4OS/c27-22-18-4-1-5-19-20(18)26(11-10-24-22)21(25-19)16-8-6-15(7-9-16)13-23-14-17-3-2-12-28-17/h1-9,12,23H,10-11,13-14H2,(H,24,27). The summed E-state index contributed by atoms with van der Waals surface area (Å²) in [6, 6.07) is 18.5. The minimum atomic E-state index is -0.0250. The molecule has 0 fully saturated rings. The summed E-state index contributed by atoms with van der Waals surface area (Å²) >= 11 is 1.77. The van der Waals surface area contributed by atoms with E-state index >= 15 is 0 Å². The van der Waals surface area contributed by atoms with Crippen molar-refractivity contribution in [3.05, 3.63) is 76.0 Å². The van der Waals surface area contributed by atoms with Gasteiger partial charge >= 0.3 is 0 Å². The van der Waals surface area contributed by atoms with Crippen LogP contribution in [0.3, 0.4) is 0 Å². The lowest BCUT2D eigenvalue weighted by Crippen LogP contribution is -2.24. The van der Waals surface area contributed by atoms with E-state index in [1.807, 2.05) is 18.2 Å². The molecule has 5 nitrogen and oxygen atoms in total. The first-order valence-corrected chi connectivity index (χ1v) is 10.3. The van der Waals surface area contributed by atoms with E-state index in [1.54, 1.807) is 11.3 Å². The van der Waals surface area contributed by atoms with E-state index in [2.05, 4.69) is 57.0 Å². The van der Waals surface area contributed by atoms with Crippen LogP contribution in [0.1, 0.15) is 20.8 Å². The number of hydrogen-bond donors (Lipinski definition) is 2. The molecule has 0 atom stereocenters. The number of carbonyl (C=O) groups is 1. The molecule has 6 heteroatoms. The Kier molecular flexibility index (Phi) is 4.43. The number of carbonyl (C=O) groups excluding carboxylic acids is 1. The van der Waals surface area contributed by atoms with E-state index < -0.39 is 0 Å². The smallest absolute Gasteiger partial charge is 0.253 e. The van der Waals surface area contributed by atoms with E-state index in [0.29, 0.717) is 12.1 Å². The van der Waals surface area contributed by atoms with Gasteiger partial charge in [-0.05, 0) is 29.1 Å². The van der Waals surface area contributed by atoms with Gasteiger partial charge in [-0.2, -0.15) is 0 Å². The third-order valence-corrected chi connectivity index (χ3v) is 5.93. The lowest BCUT2D eigenvalue weighted by molar-refractivity contribution is 0.0956. The Morgan fingerprint density at radius 1 is 1.07 bits per heavy atom. The monoisotopic (exact) mass is 388 g/mol. The third-order valence-electron chi connectivity index (χ3n) is 5.05. The first-order chi connectivity index (χ1) is 13.8. The molecular formula is C22H20N4OS. The number of hydrogen-bond acceptors (Lipinski definition) is 4. The zero-order chi connectivity index (χ0) is 18.9. The molecule has 28 heavy (non-hydrogen) atoms. The summed E-state index contributed by atoms with van der Waals surface area (Å²) in [5.74, 6) is 0.889. The van der Waals surface area contributed by atoms with Gasteiger partial charge in [-0.3, -0.25) is 4.79 Å². The maximum atomic E-state index is 12.3. The van der Waals surface area contributed by atoms with Gasteiger partial charge in [0.25, 0.3) is 5.91 Å². The maximum absolute atomic E-state index is 12.3. The number of imidazole rings is 1. The predicted octanol–water partition coefficient (Wildman–Crippen LogP) is 3.80. The van der Waals surface area contributed by atoms with Gasteiger partial charge in [-0.15, -0.1) is 11.3 Å². The Bertz CT molecular complexity index is 1130. The molecule has 5 rings (SSSR count). The minimum Gasteiger partial charge on any atom is -0.350 e. The molecule has 0 saturated heterocycles. The molecule has 0 unspecified atom stereocenters. The molecule has 0 radical (unpaired) electrons. The van der Waals surface area contributed by atoms with E-state index in [4.69, 9.17) is 4.98 Å². The average Bonchev–Trinajstić information content (AvgIpc) is 3.32. The van der Waals surface area contributed by atoms with Crippen LogP contribution in [0.2, 0.25) is 0 Å². The van der Waals surface area contributed by atoms with Crippen molar-refractivity contribution in [3.8, 4) is 11.4 Å². The second-order valence-corrected chi connectivity index (χ2v) is 7.93. The molecule has 0 aliphatic carbocycles. The van der Waals surface area contributed by atoms with Crippen LogP contribution in [0.5, 0.6) is 0 Å². The van der Waals surface area contributed by atoms with Crippen molar-refractivity contribution in [2.75, 3.05) is 6.54 Å². The minimum absolute atomic E-state index is 0.0250. The second-order valence-electron chi connectivity index (χ2n) is 6.90. The highest BCUT2D eigenvalue weighted by Gasteiger charge is 2.21. The van der Waals surface area contributed by atoms with Crippen LogP contribution in [0.25, 0.3) is 22.4 Å². The average molecular weight is 388 g/mol. The van der Waals surface area contributed by atoms with Crippen LogP contribution in [0.15, 0.2) is 60.0 Å². The highest BCUT2D eigenvalue weighted by atomic mass is 32.1. The van der Waals surface area contributed by atoms with Crippen LogP contribution >= 0.6 is 11.3 Å². The predicted molar refractivity (Wildman–Crippen MR) is 112 cm³/mol. The van der Waals surface area contributed by atoms with E-state index in [0.717, 1.165) is 42.1 Å². The largest absolute Gasteiger partial charge is 0.350 e.